The number of carbonyl (C=O) groups is 1. The number of rotatable bonds is 2. The topological polar surface area (TPSA) is 49.3 Å². The van der Waals surface area contributed by atoms with Crippen LogP contribution in [0.15, 0.2) is 0 Å². The van der Waals surface area contributed by atoms with Gasteiger partial charge < -0.3 is 10.4 Å². The van der Waals surface area contributed by atoms with Crippen LogP contribution in [0, 0.1) is 23.2 Å². The van der Waals surface area contributed by atoms with E-state index >= 15 is 0 Å². The van der Waals surface area contributed by atoms with Crippen LogP contribution in [-0.4, -0.2) is 23.7 Å². The molecule has 4 atom stereocenters. The van der Waals surface area contributed by atoms with E-state index in [-0.39, 0.29) is 6.04 Å². The molecule has 2 N–H and O–H groups in total. The normalized spacial score (nSPS) is 40.4. The van der Waals surface area contributed by atoms with Gasteiger partial charge in [-0.2, -0.15) is 0 Å². The van der Waals surface area contributed by atoms with Gasteiger partial charge in [-0.1, -0.05) is 20.8 Å². The Bertz CT molecular complexity index is 306. The van der Waals surface area contributed by atoms with Crippen LogP contribution in [0.4, 0.5) is 0 Å². The summed E-state index contributed by atoms with van der Waals surface area (Å²) in [6, 6.07) is -0.310. The summed E-state index contributed by atoms with van der Waals surface area (Å²) in [5, 5.41) is 12.2. The lowest BCUT2D eigenvalue weighted by atomic mass is 9.63. The summed E-state index contributed by atoms with van der Waals surface area (Å²) in [7, 11) is 0. The van der Waals surface area contributed by atoms with E-state index in [4.69, 9.17) is 5.11 Å². The van der Waals surface area contributed by atoms with Gasteiger partial charge in [-0.05, 0) is 61.8 Å². The summed E-state index contributed by atoms with van der Waals surface area (Å²) in [6.07, 6.45) is 5.85. The number of carboxylic acids is 1. The SMILES string of the molecule is CC1CC(C2CCC(C(=O)O)NC2)CC(C)(C)C1. The van der Waals surface area contributed by atoms with Crippen LogP contribution in [0.1, 0.15) is 52.9 Å². The summed E-state index contributed by atoms with van der Waals surface area (Å²) in [5.41, 5.74) is 0.464. The molecule has 18 heavy (non-hydrogen) atoms. The van der Waals surface area contributed by atoms with Gasteiger partial charge in [0.1, 0.15) is 6.04 Å². The standard InChI is InChI=1S/C15H27NO2/c1-10-6-12(8-15(2,3)7-10)11-4-5-13(14(17)18)16-9-11/h10-13,16H,4-9H2,1-3H3,(H,17,18). The largest absolute Gasteiger partial charge is 0.480 e. The predicted molar refractivity (Wildman–Crippen MR) is 72.4 cm³/mol. The smallest absolute Gasteiger partial charge is 0.320 e. The molecular weight excluding hydrogens is 226 g/mol. The highest BCUT2D eigenvalue weighted by atomic mass is 16.4. The molecule has 2 rings (SSSR count). The number of hydrogen-bond acceptors (Lipinski definition) is 2. The van der Waals surface area contributed by atoms with Gasteiger partial charge in [-0.25, -0.2) is 0 Å². The van der Waals surface area contributed by atoms with Crippen LogP contribution >= 0.6 is 0 Å². The number of aliphatic carboxylic acids is 1. The molecule has 1 aliphatic carbocycles. The lowest BCUT2D eigenvalue weighted by molar-refractivity contribution is -0.140. The first-order valence-electron chi connectivity index (χ1n) is 7.33. The summed E-state index contributed by atoms with van der Waals surface area (Å²) in [5.74, 6) is 1.59. The van der Waals surface area contributed by atoms with Crippen molar-refractivity contribution in [3.8, 4) is 0 Å². The third-order valence-electron chi connectivity index (χ3n) is 4.84. The molecule has 0 bridgehead atoms. The first-order valence-corrected chi connectivity index (χ1v) is 7.33. The number of hydrogen-bond donors (Lipinski definition) is 2. The molecule has 3 nitrogen and oxygen atoms in total. The molecular formula is C15H27NO2. The van der Waals surface area contributed by atoms with Crippen LogP contribution in [-0.2, 0) is 4.79 Å². The maximum atomic E-state index is 10.9. The molecule has 0 amide bonds. The minimum absolute atomic E-state index is 0.310. The van der Waals surface area contributed by atoms with Gasteiger partial charge in [0.25, 0.3) is 0 Å². The number of nitrogens with one attached hydrogen (secondary N) is 1. The van der Waals surface area contributed by atoms with Crippen molar-refractivity contribution in [2.24, 2.45) is 23.2 Å². The van der Waals surface area contributed by atoms with Crippen LogP contribution in [0.2, 0.25) is 0 Å². The third-order valence-corrected chi connectivity index (χ3v) is 4.84. The van der Waals surface area contributed by atoms with Gasteiger partial charge in [-0.15, -0.1) is 0 Å². The maximum Gasteiger partial charge on any atom is 0.320 e. The average molecular weight is 253 g/mol. The summed E-state index contributed by atoms with van der Waals surface area (Å²) in [4.78, 5) is 10.9. The molecule has 1 aliphatic heterocycles. The average Bonchev–Trinajstić information content (AvgIpc) is 2.26. The van der Waals surface area contributed by atoms with Crippen molar-refractivity contribution in [2.45, 2.75) is 58.9 Å². The Kier molecular flexibility index (Phi) is 4.00. The molecule has 3 heteroatoms. The molecule has 2 aliphatic rings. The highest BCUT2D eigenvalue weighted by Gasteiger charge is 2.37. The van der Waals surface area contributed by atoms with E-state index in [2.05, 4.69) is 26.1 Å². The minimum Gasteiger partial charge on any atom is -0.480 e. The lowest BCUT2D eigenvalue weighted by Gasteiger charge is -2.44. The maximum absolute atomic E-state index is 10.9. The molecule has 1 saturated carbocycles. The lowest BCUT2D eigenvalue weighted by Crippen LogP contribution is -2.47. The second kappa shape index (κ2) is 5.20. The van der Waals surface area contributed by atoms with Crippen molar-refractivity contribution in [1.29, 1.82) is 0 Å². The Morgan fingerprint density at radius 2 is 1.94 bits per heavy atom. The molecule has 0 radical (unpaired) electrons. The molecule has 104 valence electrons. The van der Waals surface area contributed by atoms with Gasteiger partial charge >= 0.3 is 5.97 Å². The fourth-order valence-electron chi connectivity index (χ4n) is 4.27. The van der Waals surface area contributed by atoms with E-state index in [1.807, 2.05) is 0 Å². The van der Waals surface area contributed by atoms with E-state index in [1.54, 1.807) is 0 Å². The highest BCUT2D eigenvalue weighted by molar-refractivity contribution is 5.73. The van der Waals surface area contributed by atoms with Crippen molar-refractivity contribution < 1.29 is 9.90 Å². The zero-order valence-electron chi connectivity index (χ0n) is 11.9. The number of piperidine rings is 1. The van der Waals surface area contributed by atoms with E-state index in [0.29, 0.717) is 11.3 Å². The molecule has 0 aromatic rings. The van der Waals surface area contributed by atoms with E-state index in [9.17, 15) is 4.79 Å². The molecule has 4 unspecified atom stereocenters. The summed E-state index contributed by atoms with van der Waals surface area (Å²) in [6.45, 7) is 8.02. The van der Waals surface area contributed by atoms with Crippen molar-refractivity contribution in [3.63, 3.8) is 0 Å². The fraction of sp³-hybridized carbons (Fsp3) is 0.933. The monoisotopic (exact) mass is 253 g/mol. The van der Waals surface area contributed by atoms with E-state index in [0.717, 1.165) is 31.2 Å². The molecule has 1 heterocycles. The zero-order chi connectivity index (χ0) is 13.3. The van der Waals surface area contributed by atoms with Gasteiger partial charge in [0, 0.05) is 0 Å². The summed E-state index contributed by atoms with van der Waals surface area (Å²) < 4.78 is 0. The molecule has 0 spiro atoms. The van der Waals surface area contributed by atoms with Crippen LogP contribution in [0.25, 0.3) is 0 Å². The van der Waals surface area contributed by atoms with Crippen molar-refractivity contribution >= 4 is 5.97 Å². The van der Waals surface area contributed by atoms with Gasteiger partial charge in [0.2, 0.25) is 0 Å². The zero-order valence-corrected chi connectivity index (χ0v) is 11.9. The first kappa shape index (κ1) is 13.9. The van der Waals surface area contributed by atoms with E-state index in [1.165, 1.54) is 19.3 Å². The Labute approximate surface area is 110 Å². The second-order valence-electron chi connectivity index (χ2n) is 7.31. The van der Waals surface area contributed by atoms with Gasteiger partial charge in [0.15, 0.2) is 0 Å². The Hall–Kier alpha value is -0.570. The van der Waals surface area contributed by atoms with E-state index < -0.39 is 5.97 Å². The van der Waals surface area contributed by atoms with Crippen LogP contribution in [0.5, 0.6) is 0 Å². The Morgan fingerprint density at radius 1 is 1.22 bits per heavy atom. The minimum atomic E-state index is -0.689. The van der Waals surface area contributed by atoms with Crippen molar-refractivity contribution in [2.75, 3.05) is 6.54 Å². The number of carboxylic acid groups (broad SMARTS) is 1. The van der Waals surface area contributed by atoms with Crippen LogP contribution < -0.4 is 5.32 Å². The van der Waals surface area contributed by atoms with Gasteiger partial charge in [0.05, 0.1) is 0 Å². The molecule has 0 aromatic carbocycles. The molecule has 0 aromatic heterocycles. The van der Waals surface area contributed by atoms with Gasteiger partial charge in [-0.3, -0.25) is 4.79 Å². The Morgan fingerprint density at radius 3 is 2.44 bits per heavy atom. The quantitative estimate of drug-likeness (QED) is 0.795. The first-order chi connectivity index (χ1) is 8.37. The van der Waals surface area contributed by atoms with Crippen molar-refractivity contribution in [3.05, 3.63) is 0 Å². The summed E-state index contributed by atoms with van der Waals surface area (Å²) >= 11 is 0. The highest BCUT2D eigenvalue weighted by Crippen LogP contribution is 2.45. The molecule has 1 saturated heterocycles. The Balaban J connectivity index is 1.91. The second-order valence-corrected chi connectivity index (χ2v) is 7.31. The third kappa shape index (κ3) is 3.25. The predicted octanol–water partition coefficient (Wildman–Crippen LogP) is 2.90. The molecule has 2 fully saturated rings. The van der Waals surface area contributed by atoms with Crippen molar-refractivity contribution in [1.82, 2.24) is 5.32 Å². The van der Waals surface area contributed by atoms with Crippen LogP contribution in [0.3, 0.4) is 0 Å². The fourth-order valence-corrected chi connectivity index (χ4v) is 4.27.